The van der Waals surface area contributed by atoms with Crippen molar-refractivity contribution in [1.29, 1.82) is 0 Å². The van der Waals surface area contributed by atoms with E-state index in [1.807, 2.05) is 32.0 Å². The van der Waals surface area contributed by atoms with Gasteiger partial charge in [-0.1, -0.05) is 30.3 Å². The Labute approximate surface area is 127 Å². The average Bonchev–Trinajstić information content (AvgIpc) is 2.46. The summed E-state index contributed by atoms with van der Waals surface area (Å²) >= 11 is 0. The van der Waals surface area contributed by atoms with Gasteiger partial charge in [0.2, 0.25) is 0 Å². The van der Waals surface area contributed by atoms with Crippen LogP contribution < -0.4 is 11.1 Å². The molecule has 5 heteroatoms. The summed E-state index contributed by atoms with van der Waals surface area (Å²) < 4.78 is 11.0. The van der Waals surface area contributed by atoms with Crippen molar-refractivity contribution in [1.82, 2.24) is 5.32 Å². The molecule has 1 aromatic rings. The SMILES string of the molecule is CC(C)NC(N)=NCCCOCCOCc1ccccc1. The van der Waals surface area contributed by atoms with Crippen LogP contribution in [0.3, 0.4) is 0 Å². The monoisotopic (exact) mass is 293 g/mol. The molecule has 0 radical (unpaired) electrons. The van der Waals surface area contributed by atoms with E-state index in [-0.39, 0.29) is 0 Å². The summed E-state index contributed by atoms with van der Waals surface area (Å²) in [6.45, 7) is 7.25. The molecule has 0 heterocycles. The minimum absolute atomic E-state index is 0.312. The van der Waals surface area contributed by atoms with Crippen molar-refractivity contribution in [2.45, 2.75) is 32.9 Å². The normalized spacial score (nSPS) is 11.9. The lowest BCUT2D eigenvalue weighted by atomic mass is 10.2. The lowest BCUT2D eigenvalue weighted by Gasteiger charge is -2.08. The Hall–Kier alpha value is -1.59. The molecule has 0 amide bonds. The first-order valence-corrected chi connectivity index (χ1v) is 7.44. The number of ether oxygens (including phenoxy) is 2. The second-order valence-electron chi connectivity index (χ2n) is 5.07. The molecule has 3 N–H and O–H groups in total. The number of nitrogens with one attached hydrogen (secondary N) is 1. The number of hydrogen-bond donors (Lipinski definition) is 2. The Morgan fingerprint density at radius 2 is 1.86 bits per heavy atom. The summed E-state index contributed by atoms with van der Waals surface area (Å²) in [7, 11) is 0. The van der Waals surface area contributed by atoms with Crippen molar-refractivity contribution < 1.29 is 9.47 Å². The molecule has 1 rings (SSSR count). The maximum absolute atomic E-state index is 5.69. The van der Waals surface area contributed by atoms with Gasteiger partial charge in [0.15, 0.2) is 5.96 Å². The maximum atomic E-state index is 5.69. The van der Waals surface area contributed by atoms with Gasteiger partial charge in [0.05, 0.1) is 19.8 Å². The van der Waals surface area contributed by atoms with Crippen LogP contribution in [0.5, 0.6) is 0 Å². The zero-order valence-corrected chi connectivity index (χ0v) is 13.0. The smallest absolute Gasteiger partial charge is 0.188 e. The molecule has 21 heavy (non-hydrogen) atoms. The van der Waals surface area contributed by atoms with Crippen LogP contribution in [0.4, 0.5) is 0 Å². The van der Waals surface area contributed by atoms with Crippen LogP contribution in [0.2, 0.25) is 0 Å². The number of aliphatic imine (C=N–C) groups is 1. The molecule has 0 aliphatic carbocycles. The Morgan fingerprint density at radius 1 is 1.14 bits per heavy atom. The van der Waals surface area contributed by atoms with Gasteiger partial charge in [-0.2, -0.15) is 0 Å². The zero-order valence-electron chi connectivity index (χ0n) is 13.0. The van der Waals surface area contributed by atoms with Gasteiger partial charge in [0.1, 0.15) is 0 Å². The number of guanidine groups is 1. The molecule has 0 spiro atoms. The van der Waals surface area contributed by atoms with Crippen LogP contribution in [-0.2, 0) is 16.1 Å². The van der Waals surface area contributed by atoms with Gasteiger partial charge >= 0.3 is 0 Å². The first kappa shape index (κ1) is 17.5. The molecule has 0 aliphatic rings. The number of hydrogen-bond acceptors (Lipinski definition) is 3. The third kappa shape index (κ3) is 9.87. The quantitative estimate of drug-likeness (QED) is 0.393. The highest BCUT2D eigenvalue weighted by atomic mass is 16.5. The average molecular weight is 293 g/mol. The molecule has 0 saturated carbocycles. The van der Waals surface area contributed by atoms with Crippen LogP contribution in [0.15, 0.2) is 35.3 Å². The van der Waals surface area contributed by atoms with Gasteiger partial charge in [-0.15, -0.1) is 0 Å². The fourth-order valence-corrected chi connectivity index (χ4v) is 1.69. The largest absolute Gasteiger partial charge is 0.379 e. The van der Waals surface area contributed by atoms with Crippen LogP contribution in [0.1, 0.15) is 25.8 Å². The molecule has 1 aromatic carbocycles. The van der Waals surface area contributed by atoms with E-state index in [1.165, 1.54) is 5.56 Å². The molecule has 118 valence electrons. The number of rotatable bonds is 10. The van der Waals surface area contributed by atoms with E-state index in [0.717, 1.165) is 6.42 Å². The van der Waals surface area contributed by atoms with Gasteiger partial charge in [-0.25, -0.2) is 0 Å². The third-order valence-corrected chi connectivity index (χ3v) is 2.65. The van der Waals surface area contributed by atoms with Gasteiger partial charge in [0, 0.05) is 19.2 Å². The molecule has 0 bridgehead atoms. The molecule has 0 aliphatic heterocycles. The van der Waals surface area contributed by atoms with E-state index in [0.29, 0.717) is 45.0 Å². The minimum atomic E-state index is 0.312. The Bertz CT molecular complexity index is 394. The van der Waals surface area contributed by atoms with Gasteiger partial charge in [0.25, 0.3) is 0 Å². The van der Waals surface area contributed by atoms with E-state index in [9.17, 15) is 0 Å². The Balaban J connectivity index is 1.91. The zero-order chi connectivity index (χ0) is 15.3. The van der Waals surface area contributed by atoms with Crippen molar-refractivity contribution >= 4 is 5.96 Å². The van der Waals surface area contributed by atoms with Crippen molar-refractivity contribution in [3.8, 4) is 0 Å². The number of benzene rings is 1. The third-order valence-electron chi connectivity index (χ3n) is 2.65. The van der Waals surface area contributed by atoms with Gasteiger partial charge < -0.3 is 20.5 Å². The van der Waals surface area contributed by atoms with Crippen LogP contribution in [-0.4, -0.2) is 38.4 Å². The summed E-state index contributed by atoms with van der Waals surface area (Å²) in [5.74, 6) is 0.496. The predicted molar refractivity (Wildman–Crippen MR) is 86.3 cm³/mol. The molecule has 5 nitrogen and oxygen atoms in total. The van der Waals surface area contributed by atoms with Crippen molar-refractivity contribution in [3.05, 3.63) is 35.9 Å². The lowest BCUT2D eigenvalue weighted by molar-refractivity contribution is 0.0403. The lowest BCUT2D eigenvalue weighted by Crippen LogP contribution is -2.36. The van der Waals surface area contributed by atoms with Gasteiger partial charge in [-0.05, 0) is 25.8 Å². The summed E-state index contributed by atoms with van der Waals surface area (Å²) in [5, 5.41) is 3.04. The van der Waals surface area contributed by atoms with Crippen molar-refractivity contribution in [3.63, 3.8) is 0 Å². The first-order valence-electron chi connectivity index (χ1n) is 7.44. The van der Waals surface area contributed by atoms with E-state index in [1.54, 1.807) is 0 Å². The van der Waals surface area contributed by atoms with Crippen molar-refractivity contribution in [2.24, 2.45) is 10.7 Å². The van der Waals surface area contributed by atoms with Crippen LogP contribution in [0, 0.1) is 0 Å². The fourth-order valence-electron chi connectivity index (χ4n) is 1.69. The van der Waals surface area contributed by atoms with E-state index >= 15 is 0 Å². The topological polar surface area (TPSA) is 68.9 Å². The molecule has 0 atom stereocenters. The van der Waals surface area contributed by atoms with Crippen LogP contribution in [0.25, 0.3) is 0 Å². The second kappa shape index (κ2) is 11.1. The van der Waals surface area contributed by atoms with Crippen molar-refractivity contribution in [2.75, 3.05) is 26.4 Å². The Morgan fingerprint density at radius 3 is 2.57 bits per heavy atom. The number of nitrogens with two attached hydrogens (primary N) is 1. The van der Waals surface area contributed by atoms with Gasteiger partial charge in [-0.3, -0.25) is 4.99 Å². The summed E-state index contributed by atoms with van der Waals surface area (Å²) in [5.41, 5.74) is 6.87. The second-order valence-corrected chi connectivity index (χ2v) is 5.07. The fraction of sp³-hybridized carbons (Fsp3) is 0.562. The van der Waals surface area contributed by atoms with E-state index in [2.05, 4.69) is 22.4 Å². The standard InChI is InChI=1S/C16H27N3O2/c1-14(2)19-16(17)18-9-6-10-20-11-12-21-13-15-7-4-3-5-8-15/h3-5,7-8,14H,6,9-13H2,1-2H3,(H3,17,18,19). The van der Waals surface area contributed by atoms with Crippen LogP contribution >= 0.6 is 0 Å². The minimum Gasteiger partial charge on any atom is -0.379 e. The molecular formula is C16H27N3O2. The summed E-state index contributed by atoms with van der Waals surface area (Å²) in [6, 6.07) is 10.4. The summed E-state index contributed by atoms with van der Waals surface area (Å²) in [4.78, 5) is 4.21. The molecular weight excluding hydrogens is 266 g/mol. The predicted octanol–water partition coefficient (Wildman–Crippen LogP) is 1.92. The summed E-state index contributed by atoms with van der Waals surface area (Å²) in [6.07, 6.45) is 0.860. The van der Waals surface area contributed by atoms with E-state index < -0.39 is 0 Å². The molecule has 0 aromatic heterocycles. The molecule has 0 unspecified atom stereocenters. The number of nitrogens with zero attached hydrogens (tertiary/aromatic N) is 1. The Kier molecular flexibility index (Phi) is 9.24. The molecule has 0 fully saturated rings. The highest BCUT2D eigenvalue weighted by molar-refractivity contribution is 5.77. The first-order chi connectivity index (χ1) is 10.2. The van der Waals surface area contributed by atoms with E-state index in [4.69, 9.17) is 15.2 Å². The highest BCUT2D eigenvalue weighted by Gasteiger charge is 1.95. The molecule has 0 saturated heterocycles. The maximum Gasteiger partial charge on any atom is 0.188 e. The highest BCUT2D eigenvalue weighted by Crippen LogP contribution is 2.00.